The van der Waals surface area contributed by atoms with E-state index in [2.05, 4.69) is 20.5 Å². The first-order valence-corrected chi connectivity index (χ1v) is 8.03. The summed E-state index contributed by atoms with van der Waals surface area (Å²) in [5.41, 5.74) is 5.57. The number of halogens is 1. The van der Waals surface area contributed by atoms with E-state index < -0.39 is 5.91 Å². The molecule has 0 aliphatic rings. The number of rotatable bonds is 7. The van der Waals surface area contributed by atoms with Crippen LogP contribution in [0.3, 0.4) is 0 Å². The molecule has 0 radical (unpaired) electrons. The van der Waals surface area contributed by atoms with E-state index >= 15 is 0 Å². The first-order valence-electron chi connectivity index (χ1n) is 6.67. The predicted octanol–water partition coefficient (Wildman–Crippen LogP) is 1.01. The highest BCUT2D eigenvalue weighted by Crippen LogP contribution is 2.20. The zero-order valence-corrected chi connectivity index (χ0v) is 13.9. The van der Waals surface area contributed by atoms with Crippen LogP contribution in [-0.2, 0) is 23.1 Å². The zero-order chi connectivity index (χ0) is 16.8. The van der Waals surface area contributed by atoms with Crippen LogP contribution in [0.25, 0.3) is 0 Å². The predicted molar refractivity (Wildman–Crippen MR) is 87.1 cm³/mol. The van der Waals surface area contributed by atoms with Crippen molar-refractivity contribution in [3.05, 3.63) is 29.3 Å². The first kappa shape index (κ1) is 17.2. The molecule has 2 aromatic heterocycles. The minimum absolute atomic E-state index is 0.146. The maximum atomic E-state index is 11.9. The number of carbonyl (C=O) groups excluding carboxylic acids is 2. The maximum absolute atomic E-state index is 11.9. The highest BCUT2D eigenvalue weighted by atomic mass is 35.5. The van der Waals surface area contributed by atoms with Crippen LogP contribution in [0.4, 0.5) is 5.69 Å². The number of hydrogen-bond acceptors (Lipinski definition) is 6. The molecule has 3 N–H and O–H groups in total. The molecule has 2 rings (SSSR count). The van der Waals surface area contributed by atoms with E-state index in [1.165, 1.54) is 11.8 Å². The molecule has 122 valence electrons. The molecular formula is C13H15ClN6O2S. The Balaban J connectivity index is 1.89. The summed E-state index contributed by atoms with van der Waals surface area (Å²) in [6.07, 6.45) is 2.16. The number of amides is 2. The van der Waals surface area contributed by atoms with Gasteiger partial charge in [-0.2, -0.15) is 0 Å². The van der Waals surface area contributed by atoms with Crippen molar-refractivity contribution in [1.29, 1.82) is 0 Å². The van der Waals surface area contributed by atoms with Gasteiger partial charge in [-0.3, -0.25) is 9.59 Å². The second kappa shape index (κ2) is 7.93. The second-order valence-electron chi connectivity index (χ2n) is 4.60. The normalized spacial score (nSPS) is 10.5. The summed E-state index contributed by atoms with van der Waals surface area (Å²) in [5.74, 6) is 0.163. The molecule has 0 aliphatic heterocycles. The van der Waals surface area contributed by atoms with Crippen LogP contribution in [0, 0.1) is 0 Å². The fraction of sp³-hybridized carbons (Fsp3) is 0.308. The molecule has 0 unspecified atom stereocenters. The average molecular weight is 355 g/mol. The number of aryl methyl sites for hydroxylation is 1. The molecule has 2 aromatic rings. The largest absolute Gasteiger partial charge is 0.370 e. The summed E-state index contributed by atoms with van der Waals surface area (Å²) in [6, 6.07) is 3.35. The van der Waals surface area contributed by atoms with Crippen LogP contribution in [0.15, 0.2) is 23.5 Å². The Morgan fingerprint density at radius 2 is 2.22 bits per heavy atom. The molecule has 10 heteroatoms. The van der Waals surface area contributed by atoms with Crippen LogP contribution in [0.5, 0.6) is 0 Å². The van der Waals surface area contributed by atoms with Gasteiger partial charge in [0.15, 0.2) is 10.3 Å². The van der Waals surface area contributed by atoms with E-state index in [-0.39, 0.29) is 23.2 Å². The van der Waals surface area contributed by atoms with E-state index in [1.807, 2.05) is 0 Å². The molecule has 0 spiro atoms. The van der Waals surface area contributed by atoms with Crippen molar-refractivity contribution in [1.82, 2.24) is 19.7 Å². The molecule has 2 heterocycles. The number of nitrogens with one attached hydrogen (secondary N) is 1. The smallest absolute Gasteiger partial charge is 0.234 e. The molecule has 2 amide bonds. The number of nitrogens with zero attached hydrogens (tertiary/aromatic N) is 4. The molecule has 23 heavy (non-hydrogen) atoms. The number of pyridine rings is 1. The molecule has 0 fully saturated rings. The Morgan fingerprint density at radius 1 is 1.43 bits per heavy atom. The lowest BCUT2D eigenvalue weighted by molar-refractivity contribution is -0.118. The third kappa shape index (κ3) is 4.93. The van der Waals surface area contributed by atoms with Crippen molar-refractivity contribution in [2.45, 2.75) is 18.0 Å². The summed E-state index contributed by atoms with van der Waals surface area (Å²) >= 11 is 7.11. The van der Waals surface area contributed by atoms with Gasteiger partial charge >= 0.3 is 0 Å². The third-order valence-corrected chi connectivity index (χ3v) is 4.21. The summed E-state index contributed by atoms with van der Waals surface area (Å²) in [6.45, 7) is 0. The lowest BCUT2D eigenvalue weighted by Gasteiger charge is -2.06. The molecular weight excluding hydrogens is 340 g/mol. The standard InChI is InChI=1S/C13H15ClN6O2S/c1-20-10(5-4-9(15)21)18-19-13(20)23-7-11(22)17-8-3-2-6-16-12(8)14/h2-3,6H,4-5,7H2,1H3,(H2,15,21)(H,17,22). The molecule has 0 saturated carbocycles. The van der Waals surface area contributed by atoms with Crippen LogP contribution in [0.2, 0.25) is 5.15 Å². The van der Waals surface area contributed by atoms with E-state index in [9.17, 15) is 9.59 Å². The van der Waals surface area contributed by atoms with E-state index in [4.69, 9.17) is 17.3 Å². The second-order valence-corrected chi connectivity index (χ2v) is 5.90. The van der Waals surface area contributed by atoms with Crippen molar-refractivity contribution >= 4 is 40.9 Å². The number of hydrogen-bond donors (Lipinski definition) is 2. The van der Waals surface area contributed by atoms with Gasteiger partial charge in [-0.25, -0.2) is 4.98 Å². The Bertz CT molecular complexity index is 720. The molecule has 0 bridgehead atoms. The topological polar surface area (TPSA) is 116 Å². The molecule has 8 nitrogen and oxygen atoms in total. The van der Waals surface area contributed by atoms with Gasteiger partial charge in [-0.1, -0.05) is 23.4 Å². The number of carbonyl (C=O) groups is 2. The Morgan fingerprint density at radius 3 is 2.91 bits per heavy atom. The maximum Gasteiger partial charge on any atom is 0.234 e. The Hall–Kier alpha value is -2.13. The molecule has 0 aliphatic carbocycles. The van der Waals surface area contributed by atoms with Gasteiger partial charge in [0.05, 0.1) is 11.4 Å². The lowest BCUT2D eigenvalue weighted by atomic mass is 10.3. The summed E-state index contributed by atoms with van der Waals surface area (Å²) in [4.78, 5) is 26.6. The summed E-state index contributed by atoms with van der Waals surface area (Å²) in [5, 5.41) is 11.5. The van der Waals surface area contributed by atoms with Crippen LogP contribution in [0.1, 0.15) is 12.2 Å². The van der Waals surface area contributed by atoms with E-state index in [0.717, 1.165) is 0 Å². The number of nitrogens with two attached hydrogens (primary N) is 1. The minimum Gasteiger partial charge on any atom is -0.370 e. The average Bonchev–Trinajstić information content (AvgIpc) is 2.86. The van der Waals surface area contributed by atoms with Gasteiger partial charge in [0.25, 0.3) is 0 Å². The van der Waals surface area contributed by atoms with Crippen molar-refractivity contribution in [2.24, 2.45) is 12.8 Å². The van der Waals surface area contributed by atoms with Gasteiger partial charge in [0, 0.05) is 26.1 Å². The van der Waals surface area contributed by atoms with Crippen LogP contribution in [-0.4, -0.2) is 37.3 Å². The van der Waals surface area contributed by atoms with Crippen molar-refractivity contribution < 1.29 is 9.59 Å². The SMILES string of the molecule is Cn1c(CCC(N)=O)nnc1SCC(=O)Nc1cccnc1Cl. The van der Waals surface area contributed by atoms with Gasteiger partial charge in [-0.15, -0.1) is 10.2 Å². The van der Waals surface area contributed by atoms with E-state index in [0.29, 0.717) is 23.1 Å². The van der Waals surface area contributed by atoms with Gasteiger partial charge in [0.2, 0.25) is 11.8 Å². The van der Waals surface area contributed by atoms with Gasteiger partial charge < -0.3 is 15.6 Å². The first-order chi connectivity index (χ1) is 11.0. The fourth-order valence-corrected chi connectivity index (χ4v) is 2.62. The number of primary amides is 1. The Kier molecular flexibility index (Phi) is 5.94. The van der Waals surface area contributed by atoms with Crippen molar-refractivity contribution in [3.63, 3.8) is 0 Å². The molecule has 0 aromatic carbocycles. The monoisotopic (exact) mass is 354 g/mol. The lowest BCUT2D eigenvalue weighted by Crippen LogP contribution is -2.15. The number of anilines is 1. The third-order valence-electron chi connectivity index (χ3n) is 2.89. The van der Waals surface area contributed by atoms with Gasteiger partial charge in [0.1, 0.15) is 5.82 Å². The van der Waals surface area contributed by atoms with E-state index in [1.54, 1.807) is 29.9 Å². The van der Waals surface area contributed by atoms with Crippen LogP contribution < -0.4 is 11.1 Å². The summed E-state index contributed by atoms with van der Waals surface area (Å²) < 4.78 is 1.73. The van der Waals surface area contributed by atoms with Crippen molar-refractivity contribution in [2.75, 3.05) is 11.1 Å². The highest BCUT2D eigenvalue weighted by Gasteiger charge is 2.13. The Labute approximate surface area is 141 Å². The van der Waals surface area contributed by atoms with Crippen LogP contribution >= 0.6 is 23.4 Å². The molecule has 0 atom stereocenters. The summed E-state index contributed by atoms with van der Waals surface area (Å²) in [7, 11) is 1.77. The minimum atomic E-state index is -0.394. The molecule has 0 saturated heterocycles. The van der Waals surface area contributed by atoms with Crippen molar-refractivity contribution in [3.8, 4) is 0 Å². The quantitative estimate of drug-likeness (QED) is 0.566. The fourth-order valence-electron chi connectivity index (χ4n) is 1.72. The number of aromatic nitrogens is 4. The zero-order valence-electron chi connectivity index (χ0n) is 12.3. The van der Waals surface area contributed by atoms with Gasteiger partial charge in [-0.05, 0) is 12.1 Å². The highest BCUT2D eigenvalue weighted by molar-refractivity contribution is 7.99. The number of thioether (sulfide) groups is 1.